The zero-order chi connectivity index (χ0) is 12.0. The van der Waals surface area contributed by atoms with Crippen LogP contribution in [0.1, 0.15) is 5.69 Å². The van der Waals surface area contributed by atoms with E-state index in [9.17, 15) is 10.1 Å². The van der Waals surface area contributed by atoms with Crippen molar-refractivity contribution in [2.75, 3.05) is 18.5 Å². The van der Waals surface area contributed by atoms with Gasteiger partial charge in [-0.15, -0.1) is 0 Å². The average Bonchev–Trinajstić information content (AvgIpc) is 2.63. The Morgan fingerprint density at radius 1 is 1.69 bits per heavy atom. The van der Waals surface area contributed by atoms with Crippen LogP contribution in [0.4, 0.5) is 5.95 Å². The fourth-order valence-corrected chi connectivity index (χ4v) is 1.59. The molecule has 0 unspecified atom stereocenters. The minimum absolute atomic E-state index is 0.150. The molecule has 1 aromatic heterocycles. The number of aliphatic hydroxyl groups is 1. The molecule has 0 bridgehead atoms. The summed E-state index contributed by atoms with van der Waals surface area (Å²) in [5.41, 5.74) is 0.696. The lowest BCUT2D eigenvalue weighted by Crippen LogP contribution is -2.19. The molecule has 1 heterocycles. The number of nitrogens with one attached hydrogen (secondary N) is 1. The number of aliphatic hydroxyl groups excluding tert-OH is 1. The topological polar surface area (TPSA) is 93.2 Å². The Kier molecular flexibility index (Phi) is 5.36. The Morgan fingerprint density at radius 3 is 3.00 bits per heavy atom. The number of hydrogen-bond donors (Lipinski definition) is 2. The Hall–Kier alpha value is -0.990. The predicted octanol–water partition coefficient (Wildman–Crippen LogP) is 0.268. The molecule has 8 heteroatoms. The molecule has 0 saturated carbocycles. The van der Waals surface area contributed by atoms with E-state index in [2.05, 4.69) is 26.2 Å². The molecule has 0 atom stereocenters. The van der Waals surface area contributed by atoms with Crippen molar-refractivity contribution in [2.45, 2.75) is 13.1 Å². The highest BCUT2D eigenvalue weighted by Crippen LogP contribution is 2.12. The van der Waals surface area contributed by atoms with Crippen LogP contribution in [-0.4, -0.2) is 38.1 Å². The van der Waals surface area contributed by atoms with Crippen molar-refractivity contribution < 1.29 is 10.0 Å². The Morgan fingerprint density at radius 2 is 2.44 bits per heavy atom. The van der Waals surface area contributed by atoms with E-state index < -0.39 is 4.92 Å². The smallest absolute Gasteiger partial charge is 0.393 e. The van der Waals surface area contributed by atoms with Crippen LogP contribution in [0.2, 0.25) is 0 Å². The molecule has 7 nitrogen and oxygen atoms in total. The number of aromatic nitrogens is 2. The average molecular weight is 293 g/mol. The summed E-state index contributed by atoms with van der Waals surface area (Å²) in [5, 5.41) is 23.4. The van der Waals surface area contributed by atoms with Crippen LogP contribution in [0, 0.1) is 10.1 Å². The molecular weight excluding hydrogens is 280 g/mol. The van der Waals surface area contributed by atoms with E-state index in [1.54, 1.807) is 0 Å². The van der Waals surface area contributed by atoms with E-state index >= 15 is 0 Å². The predicted molar refractivity (Wildman–Crippen MR) is 61.5 cm³/mol. The van der Waals surface area contributed by atoms with Crippen LogP contribution < -0.4 is 5.32 Å². The summed E-state index contributed by atoms with van der Waals surface area (Å²) in [7, 11) is 0. The van der Waals surface area contributed by atoms with Gasteiger partial charge in [-0.25, -0.2) is 4.57 Å². The van der Waals surface area contributed by atoms with Gasteiger partial charge in [0.1, 0.15) is 11.9 Å². The van der Waals surface area contributed by atoms with Crippen molar-refractivity contribution in [2.24, 2.45) is 0 Å². The normalized spacial score (nSPS) is 10.6. The number of imidazole rings is 1. The van der Waals surface area contributed by atoms with Gasteiger partial charge in [0.15, 0.2) is 0 Å². The van der Waals surface area contributed by atoms with E-state index in [4.69, 9.17) is 5.11 Å². The van der Waals surface area contributed by atoms with Crippen molar-refractivity contribution in [1.29, 1.82) is 0 Å². The third kappa shape index (κ3) is 3.26. The van der Waals surface area contributed by atoms with Crippen LogP contribution in [0.5, 0.6) is 0 Å². The first-order valence-corrected chi connectivity index (χ1v) is 5.89. The van der Waals surface area contributed by atoms with Crippen LogP contribution in [0.3, 0.4) is 0 Å². The number of nitrogens with zero attached hydrogens (tertiary/aromatic N) is 3. The largest absolute Gasteiger partial charge is 0.434 e. The van der Waals surface area contributed by atoms with Crippen molar-refractivity contribution in [3.63, 3.8) is 0 Å². The zero-order valence-corrected chi connectivity index (χ0v) is 10.2. The minimum atomic E-state index is -0.552. The molecule has 0 saturated heterocycles. The van der Waals surface area contributed by atoms with E-state index in [1.165, 1.54) is 10.8 Å². The van der Waals surface area contributed by atoms with Crippen molar-refractivity contribution in [3.8, 4) is 0 Å². The lowest BCUT2D eigenvalue weighted by molar-refractivity contribution is -0.396. The fraction of sp³-hybridized carbons (Fsp3) is 0.625. The van der Waals surface area contributed by atoms with Gasteiger partial charge in [-0.05, 0) is 4.92 Å². The number of alkyl halides is 1. The molecule has 0 aliphatic heterocycles. The number of rotatable bonds is 7. The molecule has 0 aliphatic carbocycles. The maximum atomic E-state index is 10.7. The molecule has 90 valence electrons. The third-order valence-corrected chi connectivity index (χ3v) is 2.38. The summed E-state index contributed by atoms with van der Waals surface area (Å²) in [5.74, 6) is -0.232. The lowest BCUT2D eigenvalue weighted by atomic mass is 10.4. The zero-order valence-electron chi connectivity index (χ0n) is 8.60. The van der Waals surface area contributed by atoms with E-state index in [-0.39, 0.29) is 19.1 Å². The lowest BCUT2D eigenvalue weighted by Gasteiger charge is -2.04. The van der Waals surface area contributed by atoms with E-state index in [1.807, 2.05) is 0 Å². The number of nitro groups is 1. The van der Waals surface area contributed by atoms with Crippen molar-refractivity contribution >= 4 is 21.9 Å². The molecule has 0 spiro atoms. The SMILES string of the molecule is O=[N+]([O-])c1ncc(CNCCBr)n1CCO. The molecule has 0 radical (unpaired) electrons. The number of hydrogen-bond acceptors (Lipinski definition) is 5. The van der Waals surface area contributed by atoms with Gasteiger partial charge in [0.2, 0.25) is 0 Å². The van der Waals surface area contributed by atoms with E-state index in [0.717, 1.165) is 11.9 Å². The first kappa shape index (κ1) is 13.1. The maximum absolute atomic E-state index is 10.7. The van der Waals surface area contributed by atoms with Gasteiger partial charge in [0, 0.05) is 11.9 Å². The van der Waals surface area contributed by atoms with Crippen molar-refractivity contribution in [3.05, 3.63) is 22.0 Å². The molecule has 0 aromatic carbocycles. The van der Waals surface area contributed by atoms with Crippen LogP contribution in [-0.2, 0) is 13.1 Å². The molecule has 2 N–H and O–H groups in total. The maximum Gasteiger partial charge on any atom is 0.434 e. The Labute approximate surface area is 101 Å². The molecule has 0 aliphatic rings. The van der Waals surface area contributed by atoms with Gasteiger partial charge in [-0.1, -0.05) is 20.9 Å². The van der Waals surface area contributed by atoms with Gasteiger partial charge in [0.25, 0.3) is 0 Å². The van der Waals surface area contributed by atoms with Crippen LogP contribution >= 0.6 is 15.9 Å². The molecule has 0 fully saturated rings. The van der Waals surface area contributed by atoms with Gasteiger partial charge >= 0.3 is 5.95 Å². The molecular formula is C8H13BrN4O3. The number of halogens is 1. The van der Waals surface area contributed by atoms with Gasteiger partial charge in [0.05, 0.1) is 19.7 Å². The summed E-state index contributed by atoms with van der Waals surface area (Å²) >= 11 is 3.27. The standard InChI is InChI=1S/C8H13BrN4O3/c9-1-2-10-5-7-6-11-8(13(15)16)12(7)3-4-14/h6,10,14H,1-5H2. The molecule has 1 rings (SSSR count). The summed E-state index contributed by atoms with van der Waals surface area (Å²) in [4.78, 5) is 13.8. The second-order valence-electron chi connectivity index (χ2n) is 3.05. The first-order chi connectivity index (χ1) is 7.70. The molecule has 0 amide bonds. The summed E-state index contributed by atoms with van der Waals surface area (Å²) in [6, 6.07) is 0. The summed E-state index contributed by atoms with van der Waals surface area (Å²) in [6.07, 6.45) is 1.45. The highest BCUT2D eigenvalue weighted by Gasteiger charge is 2.19. The second-order valence-corrected chi connectivity index (χ2v) is 3.84. The first-order valence-electron chi connectivity index (χ1n) is 4.77. The fourth-order valence-electron chi connectivity index (χ4n) is 1.31. The minimum Gasteiger partial charge on any atom is -0.393 e. The van der Waals surface area contributed by atoms with E-state index in [0.29, 0.717) is 12.2 Å². The van der Waals surface area contributed by atoms with Crippen LogP contribution in [0.25, 0.3) is 0 Å². The quantitative estimate of drug-likeness (QED) is 0.326. The summed E-state index contributed by atoms with van der Waals surface area (Å²) in [6.45, 7) is 1.29. The Bertz CT molecular complexity index is 355. The van der Waals surface area contributed by atoms with Gasteiger partial charge in [-0.3, -0.25) is 0 Å². The highest BCUT2D eigenvalue weighted by atomic mass is 79.9. The second kappa shape index (κ2) is 6.56. The van der Waals surface area contributed by atoms with Crippen LogP contribution in [0.15, 0.2) is 6.20 Å². The van der Waals surface area contributed by atoms with Crippen molar-refractivity contribution in [1.82, 2.24) is 14.9 Å². The van der Waals surface area contributed by atoms with Gasteiger partial charge < -0.3 is 20.5 Å². The van der Waals surface area contributed by atoms with Gasteiger partial charge in [-0.2, -0.15) is 0 Å². The third-order valence-electron chi connectivity index (χ3n) is 1.98. The Balaban J connectivity index is 2.78. The summed E-state index contributed by atoms with van der Waals surface area (Å²) < 4.78 is 1.40. The highest BCUT2D eigenvalue weighted by molar-refractivity contribution is 9.09. The molecule has 1 aromatic rings. The monoisotopic (exact) mass is 292 g/mol. The molecule has 16 heavy (non-hydrogen) atoms.